The number of fused-ring (bicyclic) bond motifs is 1. The minimum absolute atomic E-state index is 0.779. The topological polar surface area (TPSA) is 61.5 Å². The Bertz CT molecular complexity index is 1310. The molecule has 4 aromatic rings. The molecule has 5 heteroatoms. The predicted octanol–water partition coefficient (Wildman–Crippen LogP) is 12.0. The molecule has 0 unspecified atom stereocenters. The lowest BCUT2D eigenvalue weighted by molar-refractivity contribution is 0.560. The molecule has 4 aromatic carbocycles. The third-order valence-electron chi connectivity index (χ3n) is 6.90. The van der Waals surface area contributed by atoms with Crippen molar-refractivity contribution in [3.63, 3.8) is 0 Å². The Labute approximate surface area is 233 Å². The second-order valence-electron chi connectivity index (χ2n) is 10.0. The van der Waals surface area contributed by atoms with Crippen molar-refractivity contribution in [3.8, 4) is 0 Å². The highest BCUT2D eigenvalue weighted by Gasteiger charge is 2.07. The Morgan fingerprint density at radius 1 is 0.487 bits per heavy atom. The van der Waals surface area contributed by atoms with E-state index < -0.39 is 0 Å². The fraction of sp³-hybridized carbons (Fsp3) is 0.353. The van der Waals surface area contributed by atoms with Gasteiger partial charge in [0.25, 0.3) is 0 Å². The Hall–Kier alpha value is -3.86. The summed E-state index contributed by atoms with van der Waals surface area (Å²) in [5.41, 5.74) is 4.30. The highest BCUT2D eigenvalue weighted by atomic mass is 15.1. The molecule has 0 aliphatic heterocycles. The van der Waals surface area contributed by atoms with Gasteiger partial charge in [0.1, 0.15) is 5.69 Å². The van der Waals surface area contributed by atoms with Gasteiger partial charge in [0.15, 0.2) is 0 Å². The number of anilines is 1. The molecule has 0 bridgehead atoms. The number of rotatable bonds is 16. The van der Waals surface area contributed by atoms with Crippen LogP contribution in [0.4, 0.5) is 28.4 Å². The van der Waals surface area contributed by atoms with Crippen molar-refractivity contribution in [2.75, 3.05) is 11.9 Å². The van der Waals surface area contributed by atoms with E-state index in [9.17, 15) is 0 Å². The normalized spacial score (nSPS) is 11.6. The van der Waals surface area contributed by atoms with Gasteiger partial charge >= 0.3 is 0 Å². The Morgan fingerprint density at radius 3 is 1.69 bits per heavy atom. The molecular weight excluding hydrogens is 478 g/mol. The highest BCUT2D eigenvalue weighted by molar-refractivity contribution is 5.98. The summed E-state index contributed by atoms with van der Waals surface area (Å²) >= 11 is 0. The quantitative estimate of drug-likeness (QED) is 0.116. The van der Waals surface area contributed by atoms with Gasteiger partial charge in [0.05, 0.1) is 22.7 Å². The van der Waals surface area contributed by atoms with Crippen LogP contribution < -0.4 is 5.32 Å². The van der Waals surface area contributed by atoms with Gasteiger partial charge in [-0.1, -0.05) is 113 Å². The molecule has 0 heterocycles. The molecule has 0 radical (unpaired) electrons. The summed E-state index contributed by atoms with van der Waals surface area (Å²) in [6, 6.07) is 30.0. The molecule has 0 spiro atoms. The zero-order valence-electron chi connectivity index (χ0n) is 23.2. The number of nitrogens with zero attached hydrogens (tertiary/aromatic N) is 4. The third-order valence-corrected chi connectivity index (χ3v) is 6.90. The molecule has 0 amide bonds. The first-order valence-electron chi connectivity index (χ1n) is 14.6. The molecule has 0 atom stereocenters. The molecule has 5 nitrogen and oxygen atoms in total. The molecule has 0 saturated carbocycles. The molecule has 0 aliphatic carbocycles. The fourth-order valence-electron chi connectivity index (χ4n) is 4.64. The van der Waals surface area contributed by atoms with Gasteiger partial charge in [-0.2, -0.15) is 15.3 Å². The second-order valence-corrected chi connectivity index (χ2v) is 10.0. The summed E-state index contributed by atoms with van der Waals surface area (Å²) in [5.74, 6) is 0. The Balaban J connectivity index is 1.32. The lowest BCUT2D eigenvalue weighted by atomic mass is 10.1. The van der Waals surface area contributed by atoms with E-state index in [4.69, 9.17) is 5.11 Å². The van der Waals surface area contributed by atoms with Crippen LogP contribution in [-0.4, -0.2) is 6.54 Å². The molecule has 0 aliphatic rings. The number of benzene rings is 4. The average Bonchev–Trinajstić information content (AvgIpc) is 2.99. The largest absolute Gasteiger partial charge is 0.383 e. The standard InChI is InChI=1S/C34H41N5/c1-2-3-4-5-6-7-8-9-10-16-27-35-33-26-21-28-17-14-15-20-32(28)34(33)39-38-31-24-22-30(23-25-31)37-36-29-18-12-11-13-19-29/h11-15,17-26,35H,2-10,16,27H2,1H3. The van der Waals surface area contributed by atoms with Crippen molar-refractivity contribution in [2.45, 2.75) is 71.1 Å². The van der Waals surface area contributed by atoms with E-state index in [-0.39, 0.29) is 0 Å². The molecule has 39 heavy (non-hydrogen) atoms. The van der Waals surface area contributed by atoms with E-state index in [1.54, 1.807) is 0 Å². The molecule has 1 N–H and O–H groups in total. The lowest BCUT2D eigenvalue weighted by Gasteiger charge is -2.11. The summed E-state index contributed by atoms with van der Waals surface area (Å²) in [6.45, 7) is 3.22. The summed E-state index contributed by atoms with van der Waals surface area (Å²) < 4.78 is 0. The third kappa shape index (κ3) is 9.43. The van der Waals surface area contributed by atoms with Crippen LogP contribution in [0.25, 0.3) is 10.8 Å². The number of nitrogens with one attached hydrogen (secondary N) is 1. The monoisotopic (exact) mass is 519 g/mol. The summed E-state index contributed by atoms with van der Waals surface area (Å²) in [5, 5.41) is 23.7. The summed E-state index contributed by atoms with van der Waals surface area (Å²) in [7, 11) is 0. The zero-order valence-corrected chi connectivity index (χ0v) is 23.2. The zero-order chi connectivity index (χ0) is 27.0. The van der Waals surface area contributed by atoms with Crippen molar-refractivity contribution in [1.82, 2.24) is 0 Å². The van der Waals surface area contributed by atoms with Gasteiger partial charge in [-0.05, 0) is 54.3 Å². The maximum absolute atomic E-state index is 4.71. The van der Waals surface area contributed by atoms with Gasteiger partial charge in [-0.3, -0.25) is 0 Å². The van der Waals surface area contributed by atoms with Crippen LogP contribution >= 0.6 is 0 Å². The van der Waals surface area contributed by atoms with Gasteiger partial charge in [0.2, 0.25) is 0 Å². The van der Waals surface area contributed by atoms with Crippen LogP contribution in [0, 0.1) is 0 Å². The summed E-state index contributed by atoms with van der Waals surface area (Å²) in [6.07, 6.45) is 13.4. The highest BCUT2D eigenvalue weighted by Crippen LogP contribution is 2.35. The summed E-state index contributed by atoms with van der Waals surface area (Å²) in [4.78, 5) is 0. The van der Waals surface area contributed by atoms with Crippen molar-refractivity contribution >= 4 is 39.2 Å². The van der Waals surface area contributed by atoms with Crippen LogP contribution in [0.1, 0.15) is 71.1 Å². The second kappa shape index (κ2) is 16.2. The number of azo groups is 2. The van der Waals surface area contributed by atoms with Gasteiger partial charge in [-0.25, -0.2) is 0 Å². The van der Waals surface area contributed by atoms with E-state index in [0.717, 1.165) is 52.2 Å². The van der Waals surface area contributed by atoms with Crippen LogP contribution in [0.15, 0.2) is 111 Å². The van der Waals surface area contributed by atoms with E-state index in [1.807, 2.05) is 54.6 Å². The smallest absolute Gasteiger partial charge is 0.117 e. The average molecular weight is 520 g/mol. The first-order valence-corrected chi connectivity index (χ1v) is 14.6. The minimum atomic E-state index is 0.779. The first kappa shape index (κ1) is 28.2. The molecule has 0 aromatic heterocycles. The molecular formula is C34H41N5. The van der Waals surface area contributed by atoms with Crippen molar-refractivity contribution < 1.29 is 0 Å². The van der Waals surface area contributed by atoms with E-state index in [2.05, 4.69) is 64.0 Å². The van der Waals surface area contributed by atoms with Crippen LogP contribution in [0.2, 0.25) is 0 Å². The van der Waals surface area contributed by atoms with Gasteiger partial charge in [-0.15, -0.1) is 5.11 Å². The van der Waals surface area contributed by atoms with E-state index in [0.29, 0.717) is 0 Å². The minimum Gasteiger partial charge on any atom is -0.383 e. The van der Waals surface area contributed by atoms with E-state index >= 15 is 0 Å². The molecule has 4 rings (SSSR count). The fourth-order valence-corrected chi connectivity index (χ4v) is 4.64. The van der Waals surface area contributed by atoms with Gasteiger partial charge in [0, 0.05) is 11.9 Å². The first-order chi connectivity index (χ1) is 19.3. The van der Waals surface area contributed by atoms with E-state index in [1.165, 1.54) is 57.8 Å². The van der Waals surface area contributed by atoms with Crippen molar-refractivity contribution in [1.29, 1.82) is 0 Å². The Kier molecular flexibility index (Phi) is 11.7. The maximum Gasteiger partial charge on any atom is 0.117 e. The van der Waals surface area contributed by atoms with Gasteiger partial charge < -0.3 is 5.32 Å². The Morgan fingerprint density at radius 2 is 1.03 bits per heavy atom. The molecule has 0 saturated heterocycles. The van der Waals surface area contributed by atoms with Crippen molar-refractivity contribution in [2.24, 2.45) is 20.5 Å². The number of hydrogen-bond acceptors (Lipinski definition) is 5. The number of hydrogen-bond donors (Lipinski definition) is 1. The van der Waals surface area contributed by atoms with Crippen LogP contribution in [0.5, 0.6) is 0 Å². The number of unbranched alkanes of at least 4 members (excludes halogenated alkanes) is 9. The molecule has 0 fully saturated rings. The lowest BCUT2D eigenvalue weighted by Crippen LogP contribution is -2.01. The van der Waals surface area contributed by atoms with Crippen LogP contribution in [0.3, 0.4) is 0 Å². The SMILES string of the molecule is CCCCCCCCCCCCNc1ccc2ccccc2c1N=Nc1ccc(N=Nc2ccccc2)cc1. The maximum atomic E-state index is 4.71. The molecule has 202 valence electrons. The van der Waals surface area contributed by atoms with Crippen molar-refractivity contribution in [3.05, 3.63) is 91.0 Å². The van der Waals surface area contributed by atoms with Crippen LogP contribution in [-0.2, 0) is 0 Å². The predicted molar refractivity (Wildman–Crippen MR) is 166 cm³/mol.